The average Bonchev–Trinajstić information content (AvgIpc) is 2.44. The van der Waals surface area contributed by atoms with E-state index in [0.717, 1.165) is 3.92 Å². The van der Waals surface area contributed by atoms with Crippen LogP contribution in [0.1, 0.15) is 9.49 Å². The minimum atomic E-state index is 0.346. The number of hydrogen-bond donors (Lipinski definition) is 0. The number of para-hydroxylation sites is 1. The molecule has 0 radical (unpaired) electrons. The van der Waals surface area contributed by atoms with Gasteiger partial charge in [-0.3, -0.25) is 0 Å². The van der Waals surface area contributed by atoms with Crippen molar-refractivity contribution in [2.45, 2.75) is 3.92 Å². The standard InChI is InChI=1S/C10H13IN/c1-11-9-7-12(2)10-6-4-3-5-8(9)10/h3-6,9H,7H2,1-2H3/q-1. The summed E-state index contributed by atoms with van der Waals surface area (Å²) < 4.78 is 0.866. The van der Waals surface area contributed by atoms with Gasteiger partial charge in [-0.25, -0.2) is 0 Å². The third-order valence-electron chi connectivity index (χ3n) is 2.38. The molecule has 0 saturated carbocycles. The predicted octanol–water partition coefficient (Wildman–Crippen LogP) is -1.10. The zero-order chi connectivity index (χ0) is 8.55. The Morgan fingerprint density at radius 3 is 2.92 bits per heavy atom. The van der Waals surface area contributed by atoms with Crippen molar-refractivity contribution in [1.82, 2.24) is 0 Å². The van der Waals surface area contributed by atoms with E-state index in [4.69, 9.17) is 0 Å². The molecule has 1 atom stereocenters. The van der Waals surface area contributed by atoms with Gasteiger partial charge in [-0.15, -0.1) is 0 Å². The van der Waals surface area contributed by atoms with Crippen LogP contribution in [-0.2, 0) is 0 Å². The van der Waals surface area contributed by atoms with Crippen LogP contribution in [0.3, 0.4) is 0 Å². The second kappa shape index (κ2) is 3.24. The summed E-state index contributed by atoms with van der Waals surface area (Å²) in [6.45, 7) is 1.24. The van der Waals surface area contributed by atoms with Gasteiger partial charge in [0.05, 0.1) is 0 Å². The zero-order valence-corrected chi connectivity index (χ0v) is 9.58. The van der Waals surface area contributed by atoms with E-state index in [2.05, 4.69) is 41.1 Å². The molecule has 0 saturated heterocycles. The molecule has 1 aromatic rings. The summed E-state index contributed by atoms with van der Waals surface area (Å²) in [5.41, 5.74) is 3.03. The average molecular weight is 274 g/mol. The van der Waals surface area contributed by atoms with Crippen molar-refractivity contribution in [2.24, 2.45) is 0 Å². The number of halogens is 1. The van der Waals surface area contributed by atoms with E-state index in [9.17, 15) is 0 Å². The normalized spacial score (nSPS) is 21.5. The van der Waals surface area contributed by atoms with Crippen molar-refractivity contribution < 1.29 is 21.2 Å². The van der Waals surface area contributed by atoms with E-state index in [0.29, 0.717) is 21.2 Å². The van der Waals surface area contributed by atoms with Crippen LogP contribution in [0, 0.1) is 0 Å². The molecule has 0 amide bonds. The maximum absolute atomic E-state index is 2.38. The predicted molar refractivity (Wildman–Crippen MR) is 48.4 cm³/mol. The van der Waals surface area contributed by atoms with Crippen LogP contribution in [0.2, 0.25) is 0 Å². The molecule has 1 unspecified atom stereocenters. The monoisotopic (exact) mass is 274 g/mol. The van der Waals surface area contributed by atoms with E-state index in [-0.39, 0.29) is 0 Å². The molecule has 66 valence electrons. The Morgan fingerprint density at radius 2 is 2.17 bits per heavy atom. The molecule has 0 aromatic heterocycles. The van der Waals surface area contributed by atoms with Gasteiger partial charge in [-0.05, 0) is 0 Å². The number of nitrogens with zero attached hydrogens (tertiary/aromatic N) is 1. The van der Waals surface area contributed by atoms with Crippen molar-refractivity contribution in [1.29, 1.82) is 0 Å². The molecule has 2 rings (SSSR count). The number of likely N-dealkylation sites (N-methyl/N-ethyl adjacent to an activating group) is 1. The first kappa shape index (κ1) is 8.35. The van der Waals surface area contributed by atoms with Crippen LogP contribution in [-0.4, -0.2) is 18.5 Å². The Hall–Kier alpha value is -0.250. The molecular weight excluding hydrogens is 261 g/mol. The van der Waals surface area contributed by atoms with Gasteiger partial charge in [0.15, 0.2) is 0 Å². The van der Waals surface area contributed by atoms with Gasteiger partial charge in [0.1, 0.15) is 0 Å². The molecular formula is C10H13IN-. The first-order chi connectivity index (χ1) is 5.83. The molecule has 1 heterocycles. The van der Waals surface area contributed by atoms with Gasteiger partial charge in [-0.1, -0.05) is 0 Å². The summed E-state index contributed by atoms with van der Waals surface area (Å²) in [4.78, 5) is 4.75. The first-order valence-electron chi connectivity index (χ1n) is 4.11. The number of hydrogen-bond acceptors (Lipinski definition) is 1. The first-order valence-corrected chi connectivity index (χ1v) is 7.51. The van der Waals surface area contributed by atoms with Gasteiger partial charge in [0.2, 0.25) is 0 Å². The molecule has 1 nitrogen and oxygen atoms in total. The second-order valence-electron chi connectivity index (χ2n) is 3.13. The summed E-state index contributed by atoms with van der Waals surface area (Å²) in [7, 11) is 2.19. The summed E-state index contributed by atoms with van der Waals surface area (Å²) in [6, 6.07) is 8.80. The van der Waals surface area contributed by atoms with Gasteiger partial charge in [-0.2, -0.15) is 0 Å². The summed E-state index contributed by atoms with van der Waals surface area (Å²) >= 11 is 0.346. The molecule has 0 bridgehead atoms. The molecule has 1 aliphatic heterocycles. The molecule has 0 fully saturated rings. The van der Waals surface area contributed by atoms with Gasteiger partial charge >= 0.3 is 84.1 Å². The van der Waals surface area contributed by atoms with E-state index in [1.165, 1.54) is 12.2 Å². The number of benzene rings is 1. The number of alkyl halides is 2. The molecule has 1 aromatic carbocycles. The molecule has 12 heavy (non-hydrogen) atoms. The van der Waals surface area contributed by atoms with Gasteiger partial charge in [0.25, 0.3) is 0 Å². The third-order valence-corrected chi connectivity index (χ3v) is 4.95. The fourth-order valence-corrected chi connectivity index (χ4v) is 3.91. The quantitative estimate of drug-likeness (QED) is 0.464. The van der Waals surface area contributed by atoms with E-state index in [1.807, 2.05) is 0 Å². The van der Waals surface area contributed by atoms with Crippen molar-refractivity contribution in [3.8, 4) is 0 Å². The SMILES string of the molecule is C[I-]C1CN(C)c2ccccc21. The van der Waals surface area contributed by atoms with Crippen molar-refractivity contribution in [3.05, 3.63) is 29.8 Å². The van der Waals surface area contributed by atoms with Crippen LogP contribution in [0.4, 0.5) is 5.69 Å². The zero-order valence-electron chi connectivity index (χ0n) is 7.42. The number of anilines is 1. The summed E-state index contributed by atoms with van der Waals surface area (Å²) in [5, 5.41) is 0. The Morgan fingerprint density at radius 1 is 1.42 bits per heavy atom. The molecule has 2 heteroatoms. The molecule has 0 N–H and O–H groups in total. The topological polar surface area (TPSA) is 3.24 Å². The molecule has 1 aliphatic rings. The van der Waals surface area contributed by atoms with Crippen molar-refractivity contribution >= 4 is 5.69 Å². The molecule has 0 aliphatic carbocycles. The van der Waals surface area contributed by atoms with Crippen molar-refractivity contribution in [3.63, 3.8) is 0 Å². The van der Waals surface area contributed by atoms with Crippen LogP contribution >= 0.6 is 0 Å². The van der Waals surface area contributed by atoms with Gasteiger partial charge in [0, 0.05) is 0 Å². The van der Waals surface area contributed by atoms with E-state index < -0.39 is 0 Å². The van der Waals surface area contributed by atoms with Crippen LogP contribution in [0.25, 0.3) is 0 Å². The fraction of sp³-hybridized carbons (Fsp3) is 0.400. The Bertz CT molecular complexity index is 285. The van der Waals surface area contributed by atoms with E-state index in [1.54, 1.807) is 5.56 Å². The Balaban J connectivity index is 2.43. The number of fused-ring (bicyclic) bond motifs is 1. The van der Waals surface area contributed by atoms with Crippen LogP contribution in [0.5, 0.6) is 0 Å². The second-order valence-corrected chi connectivity index (χ2v) is 5.87. The van der Waals surface area contributed by atoms with Crippen molar-refractivity contribution in [2.75, 3.05) is 23.4 Å². The van der Waals surface area contributed by atoms with Gasteiger partial charge < -0.3 is 0 Å². The van der Waals surface area contributed by atoms with Crippen LogP contribution in [0.15, 0.2) is 24.3 Å². The summed E-state index contributed by atoms with van der Waals surface area (Å²) in [5.74, 6) is 0. The third kappa shape index (κ3) is 1.22. The summed E-state index contributed by atoms with van der Waals surface area (Å²) in [6.07, 6.45) is 0. The Kier molecular flexibility index (Phi) is 2.26. The fourth-order valence-electron chi connectivity index (χ4n) is 1.72. The molecule has 0 spiro atoms. The number of rotatable bonds is 1. The Labute approximate surface area is 84.0 Å². The maximum atomic E-state index is 2.38. The van der Waals surface area contributed by atoms with Crippen LogP contribution < -0.4 is 26.1 Å². The minimum absolute atomic E-state index is 0.346. The van der Waals surface area contributed by atoms with E-state index >= 15 is 0 Å².